The molecular weight excluding hydrogens is 266 g/mol. The summed E-state index contributed by atoms with van der Waals surface area (Å²) in [7, 11) is 1.24. The molecule has 2 amide bonds. The molecule has 20 heavy (non-hydrogen) atoms. The van der Waals surface area contributed by atoms with Crippen LogP contribution in [0, 0.1) is 0 Å². The SMILES string of the molecule is COC(=O)Nc1cnn(CC(=O)NCc2ccco2)n1. The number of nitrogens with zero attached hydrogens (tertiary/aromatic N) is 3. The molecule has 2 heterocycles. The highest BCUT2D eigenvalue weighted by Crippen LogP contribution is 2.00. The Labute approximate surface area is 113 Å². The van der Waals surface area contributed by atoms with Crippen LogP contribution in [0.15, 0.2) is 29.0 Å². The topological polar surface area (TPSA) is 111 Å². The predicted octanol–water partition coefficient (Wildman–Crippen LogP) is 0.366. The molecule has 0 atom stereocenters. The third kappa shape index (κ3) is 3.83. The van der Waals surface area contributed by atoms with Crippen LogP contribution in [0.25, 0.3) is 0 Å². The van der Waals surface area contributed by atoms with Crippen molar-refractivity contribution in [1.29, 1.82) is 0 Å². The minimum Gasteiger partial charge on any atom is -0.467 e. The van der Waals surface area contributed by atoms with E-state index in [0.29, 0.717) is 12.3 Å². The van der Waals surface area contributed by atoms with E-state index in [4.69, 9.17) is 4.42 Å². The second-order valence-corrected chi connectivity index (χ2v) is 3.73. The van der Waals surface area contributed by atoms with E-state index in [-0.39, 0.29) is 18.3 Å². The molecule has 9 heteroatoms. The molecule has 0 aliphatic carbocycles. The molecule has 0 fully saturated rings. The van der Waals surface area contributed by atoms with Crippen LogP contribution in [0.1, 0.15) is 5.76 Å². The Morgan fingerprint density at radius 1 is 1.50 bits per heavy atom. The first-order chi connectivity index (χ1) is 9.67. The second kappa shape index (κ2) is 6.36. The number of methoxy groups -OCH3 is 1. The Kier molecular flexibility index (Phi) is 4.32. The van der Waals surface area contributed by atoms with Crippen molar-refractivity contribution in [3.05, 3.63) is 30.4 Å². The summed E-state index contributed by atoms with van der Waals surface area (Å²) in [6, 6.07) is 3.49. The molecule has 2 rings (SSSR count). The molecule has 2 N–H and O–H groups in total. The zero-order chi connectivity index (χ0) is 14.4. The van der Waals surface area contributed by atoms with Crippen LogP contribution in [0.2, 0.25) is 0 Å². The Hall–Kier alpha value is -2.84. The monoisotopic (exact) mass is 279 g/mol. The minimum absolute atomic E-state index is 0.0659. The van der Waals surface area contributed by atoms with E-state index in [1.54, 1.807) is 12.1 Å². The van der Waals surface area contributed by atoms with Gasteiger partial charge in [-0.3, -0.25) is 10.1 Å². The first-order valence-electron chi connectivity index (χ1n) is 5.71. The van der Waals surface area contributed by atoms with Crippen molar-refractivity contribution in [2.75, 3.05) is 12.4 Å². The van der Waals surface area contributed by atoms with Gasteiger partial charge >= 0.3 is 6.09 Å². The standard InChI is InChI=1S/C11H13N5O4/c1-19-11(18)14-9-6-13-16(15-9)7-10(17)12-5-8-3-2-4-20-8/h2-4,6H,5,7H2,1H3,(H,12,17)(H,14,15,18). The Bertz CT molecular complexity index is 577. The summed E-state index contributed by atoms with van der Waals surface area (Å²) in [6.45, 7) is 0.226. The highest BCUT2D eigenvalue weighted by atomic mass is 16.5. The van der Waals surface area contributed by atoms with Crippen molar-refractivity contribution >= 4 is 17.8 Å². The molecule has 0 aliphatic rings. The fourth-order valence-corrected chi connectivity index (χ4v) is 1.37. The van der Waals surface area contributed by atoms with Crippen molar-refractivity contribution in [3.63, 3.8) is 0 Å². The molecule has 2 aromatic heterocycles. The summed E-state index contributed by atoms with van der Waals surface area (Å²) in [5, 5.41) is 12.7. The third-order valence-electron chi connectivity index (χ3n) is 2.28. The lowest BCUT2D eigenvalue weighted by Crippen LogP contribution is -2.27. The van der Waals surface area contributed by atoms with Crippen LogP contribution in [0.3, 0.4) is 0 Å². The van der Waals surface area contributed by atoms with E-state index in [0.717, 1.165) is 4.80 Å². The fraction of sp³-hybridized carbons (Fsp3) is 0.273. The molecule has 0 saturated carbocycles. The van der Waals surface area contributed by atoms with Gasteiger partial charge in [0.1, 0.15) is 12.3 Å². The zero-order valence-corrected chi connectivity index (χ0v) is 10.7. The van der Waals surface area contributed by atoms with Crippen LogP contribution >= 0.6 is 0 Å². The molecular formula is C11H13N5O4. The molecule has 0 aliphatic heterocycles. The number of hydrogen-bond acceptors (Lipinski definition) is 6. The van der Waals surface area contributed by atoms with Crippen molar-refractivity contribution < 1.29 is 18.7 Å². The van der Waals surface area contributed by atoms with Gasteiger partial charge in [-0.1, -0.05) is 0 Å². The molecule has 0 saturated heterocycles. The highest BCUT2D eigenvalue weighted by molar-refractivity contribution is 5.82. The van der Waals surface area contributed by atoms with E-state index in [1.165, 1.54) is 19.6 Å². The van der Waals surface area contributed by atoms with Gasteiger partial charge in [-0.15, -0.1) is 5.10 Å². The second-order valence-electron chi connectivity index (χ2n) is 3.73. The average Bonchev–Trinajstić information content (AvgIpc) is 3.08. The smallest absolute Gasteiger partial charge is 0.412 e. The van der Waals surface area contributed by atoms with Gasteiger partial charge in [-0.25, -0.2) is 4.79 Å². The summed E-state index contributed by atoms with van der Waals surface area (Å²) in [5.41, 5.74) is 0. The molecule has 0 bridgehead atoms. The number of carbonyl (C=O) groups is 2. The van der Waals surface area contributed by atoms with E-state index in [2.05, 4.69) is 25.6 Å². The van der Waals surface area contributed by atoms with E-state index in [1.807, 2.05) is 0 Å². The summed E-state index contributed by atoms with van der Waals surface area (Å²) < 4.78 is 9.49. The molecule has 9 nitrogen and oxygen atoms in total. The zero-order valence-electron chi connectivity index (χ0n) is 10.7. The van der Waals surface area contributed by atoms with Crippen LogP contribution < -0.4 is 10.6 Å². The summed E-state index contributed by atoms with van der Waals surface area (Å²) >= 11 is 0. The lowest BCUT2D eigenvalue weighted by Gasteiger charge is -2.02. The van der Waals surface area contributed by atoms with Crippen molar-refractivity contribution in [3.8, 4) is 0 Å². The van der Waals surface area contributed by atoms with Gasteiger partial charge < -0.3 is 14.5 Å². The molecule has 2 aromatic rings. The predicted molar refractivity (Wildman–Crippen MR) is 66.6 cm³/mol. The lowest BCUT2D eigenvalue weighted by atomic mass is 10.4. The van der Waals surface area contributed by atoms with Gasteiger partial charge in [0.2, 0.25) is 5.91 Å². The van der Waals surface area contributed by atoms with Crippen LogP contribution in [-0.2, 0) is 22.6 Å². The molecule has 0 unspecified atom stereocenters. The van der Waals surface area contributed by atoms with Gasteiger partial charge in [0.25, 0.3) is 0 Å². The number of carbonyl (C=O) groups excluding carboxylic acids is 2. The Morgan fingerprint density at radius 2 is 2.35 bits per heavy atom. The normalized spacial score (nSPS) is 10.1. The van der Waals surface area contributed by atoms with Gasteiger partial charge in [0.05, 0.1) is 26.1 Å². The van der Waals surface area contributed by atoms with Crippen LogP contribution in [0.5, 0.6) is 0 Å². The fourth-order valence-electron chi connectivity index (χ4n) is 1.37. The van der Waals surface area contributed by atoms with Gasteiger partial charge in [0, 0.05) is 0 Å². The molecule has 106 valence electrons. The first-order valence-corrected chi connectivity index (χ1v) is 5.71. The number of nitrogens with one attached hydrogen (secondary N) is 2. The van der Waals surface area contributed by atoms with Crippen molar-refractivity contribution in [2.24, 2.45) is 0 Å². The van der Waals surface area contributed by atoms with E-state index >= 15 is 0 Å². The number of aromatic nitrogens is 3. The average molecular weight is 279 g/mol. The molecule has 0 spiro atoms. The highest BCUT2D eigenvalue weighted by Gasteiger charge is 2.08. The third-order valence-corrected chi connectivity index (χ3v) is 2.28. The summed E-state index contributed by atoms with van der Waals surface area (Å²) in [5.74, 6) is 0.581. The van der Waals surface area contributed by atoms with Crippen molar-refractivity contribution in [1.82, 2.24) is 20.3 Å². The molecule has 0 aromatic carbocycles. The Balaban J connectivity index is 1.80. The Morgan fingerprint density at radius 3 is 3.05 bits per heavy atom. The van der Waals surface area contributed by atoms with Crippen LogP contribution in [0.4, 0.5) is 10.6 Å². The molecule has 0 radical (unpaired) electrons. The summed E-state index contributed by atoms with van der Waals surface area (Å²) in [4.78, 5) is 23.7. The van der Waals surface area contributed by atoms with Crippen molar-refractivity contribution in [2.45, 2.75) is 13.1 Å². The number of rotatable bonds is 5. The minimum atomic E-state index is -0.653. The van der Waals surface area contributed by atoms with Gasteiger partial charge in [-0.2, -0.15) is 9.90 Å². The summed E-state index contributed by atoms with van der Waals surface area (Å²) in [6.07, 6.45) is 2.19. The largest absolute Gasteiger partial charge is 0.467 e. The lowest BCUT2D eigenvalue weighted by molar-refractivity contribution is -0.122. The maximum atomic E-state index is 11.6. The van der Waals surface area contributed by atoms with E-state index < -0.39 is 6.09 Å². The number of amides is 2. The maximum Gasteiger partial charge on any atom is 0.412 e. The van der Waals surface area contributed by atoms with Gasteiger partial charge in [0.15, 0.2) is 5.82 Å². The first kappa shape index (κ1) is 13.6. The quantitative estimate of drug-likeness (QED) is 0.817. The van der Waals surface area contributed by atoms with E-state index in [9.17, 15) is 9.59 Å². The maximum absolute atomic E-state index is 11.6. The number of ether oxygens (including phenoxy) is 1. The number of hydrogen-bond donors (Lipinski definition) is 2. The number of anilines is 1. The van der Waals surface area contributed by atoms with Crippen LogP contribution in [-0.4, -0.2) is 34.1 Å². The number of furan rings is 1. The van der Waals surface area contributed by atoms with Gasteiger partial charge in [-0.05, 0) is 12.1 Å².